The van der Waals surface area contributed by atoms with Crippen molar-refractivity contribution in [2.45, 2.75) is 192 Å². The van der Waals surface area contributed by atoms with Crippen molar-refractivity contribution in [3.8, 4) is 22.5 Å². The first-order valence-corrected chi connectivity index (χ1v) is 25.9. The lowest BCUT2D eigenvalue weighted by molar-refractivity contribution is -0.139. The van der Waals surface area contributed by atoms with Crippen LogP contribution >= 0.6 is 0 Å². The van der Waals surface area contributed by atoms with Crippen molar-refractivity contribution in [2.75, 3.05) is 6.54 Å². The molecular formula is C58H87N7O4. The largest absolute Gasteiger partial charge is 0.346 e. The maximum Gasteiger partial charge on any atom is 0.246 e. The monoisotopic (exact) mass is 946 g/mol. The minimum atomic E-state index is -0.555. The number of carbonyl (C=O) groups is 4. The molecular weight excluding hydrogens is 859 g/mol. The summed E-state index contributed by atoms with van der Waals surface area (Å²) in [6.45, 7) is 30.7. The predicted molar refractivity (Wildman–Crippen MR) is 284 cm³/mol. The van der Waals surface area contributed by atoms with E-state index in [9.17, 15) is 19.2 Å². The third-order valence-corrected chi connectivity index (χ3v) is 13.8. The van der Waals surface area contributed by atoms with Crippen molar-refractivity contribution in [2.24, 2.45) is 23.2 Å². The summed E-state index contributed by atoms with van der Waals surface area (Å²) in [7, 11) is 0. The second-order valence-corrected chi connectivity index (χ2v) is 21.7. The highest BCUT2D eigenvalue weighted by molar-refractivity contribution is 5.89. The number of ketones is 1. The molecule has 4 aromatic rings. The van der Waals surface area contributed by atoms with E-state index in [0.29, 0.717) is 17.9 Å². The lowest BCUT2D eigenvalue weighted by atomic mass is 9.78. The van der Waals surface area contributed by atoms with Crippen LogP contribution in [0.5, 0.6) is 0 Å². The van der Waals surface area contributed by atoms with Gasteiger partial charge >= 0.3 is 0 Å². The fourth-order valence-electron chi connectivity index (χ4n) is 9.37. The molecule has 0 spiro atoms. The van der Waals surface area contributed by atoms with Gasteiger partial charge in [-0.15, -0.1) is 0 Å². The number of imidazole rings is 2. The SMILES string of the molecule is CC(=O)N[C@H](C(C)=O)C(C)C.CC1(C)CCCCC1.CCCC[C@H](C)c1ncc(-c2ccc(C)c(/C=C(\C)c3ccc(-c4cnc([C@@H]5CCCN5C(=O)[C@@H](NC(=O)C(C)C)C(C)C)[nH]4)cc3C)c2)[nH]1. The lowest BCUT2D eigenvalue weighted by Gasteiger charge is -2.30. The zero-order chi connectivity index (χ0) is 51.2. The summed E-state index contributed by atoms with van der Waals surface area (Å²) in [4.78, 5) is 66.2. The molecule has 6 rings (SSSR count). The van der Waals surface area contributed by atoms with E-state index in [2.05, 4.69) is 112 Å². The first-order chi connectivity index (χ1) is 32.5. The molecule has 0 radical (unpaired) electrons. The summed E-state index contributed by atoms with van der Waals surface area (Å²) in [6.07, 6.45) is 18.7. The summed E-state index contributed by atoms with van der Waals surface area (Å²) < 4.78 is 0. The topological polar surface area (TPSA) is 153 Å². The number of unbranched alkanes of at least 4 members (excludes halogenated alkanes) is 1. The molecule has 2 aromatic carbocycles. The van der Waals surface area contributed by atoms with Crippen LogP contribution in [0.25, 0.3) is 34.2 Å². The first-order valence-electron chi connectivity index (χ1n) is 25.9. The predicted octanol–water partition coefficient (Wildman–Crippen LogP) is 13.1. The molecule has 3 heterocycles. The molecule has 69 heavy (non-hydrogen) atoms. The Hall–Kier alpha value is -5.32. The van der Waals surface area contributed by atoms with Gasteiger partial charge in [-0.1, -0.05) is 132 Å². The number of amides is 3. The number of likely N-dealkylation sites (tertiary alicyclic amines) is 1. The number of aromatic amines is 2. The number of aryl methyl sites for hydroxylation is 2. The minimum Gasteiger partial charge on any atom is -0.346 e. The van der Waals surface area contributed by atoms with Crippen LogP contribution in [0.4, 0.5) is 0 Å². The Kier molecular flexibility index (Phi) is 21.2. The van der Waals surface area contributed by atoms with E-state index in [-0.39, 0.29) is 53.3 Å². The number of rotatable bonds is 16. The Morgan fingerprint density at radius 1 is 0.783 bits per heavy atom. The number of allylic oxidation sites excluding steroid dienone is 1. The standard InChI is InChI=1S/C42H56N6O2.C8H15NO2.C8H16/c1-10-11-13-28(7)39-43-23-36(45-39)32-16-15-27(6)33(22-32)21-30(9)34-18-17-31(20-29(34)8)35-24-44-40(46-35)37-14-12-19-48(37)42(50)38(25(2)3)47-41(49)26(4)5;1-5(2)8(6(3)10)9-7(4)11;1-8(2)6-4-3-5-7-8/h15-18,20-26,28,37-38H,10-14,19H2,1-9H3,(H,43,45)(H,44,46)(H,47,49);5,8H,1-4H3,(H,9,11);3-7H2,1-2H3/b30-21+;;/t28-,37-,38-;8-;/m00./s1. The summed E-state index contributed by atoms with van der Waals surface area (Å²) >= 11 is 0. The number of H-pyrrole nitrogens is 2. The Bertz CT molecular complexity index is 2340. The van der Waals surface area contributed by atoms with Gasteiger partial charge in [-0.2, -0.15) is 0 Å². The van der Waals surface area contributed by atoms with Crippen molar-refractivity contribution in [3.63, 3.8) is 0 Å². The molecule has 1 saturated carbocycles. The Balaban J connectivity index is 0.000000453. The molecule has 378 valence electrons. The molecule has 4 atom stereocenters. The number of nitrogens with zero attached hydrogens (tertiary/aromatic N) is 3. The van der Waals surface area contributed by atoms with Crippen LogP contribution in [-0.4, -0.2) is 67.0 Å². The number of carbonyl (C=O) groups excluding carboxylic acids is 4. The molecule has 11 nitrogen and oxygen atoms in total. The minimum absolute atomic E-state index is 0.00944. The van der Waals surface area contributed by atoms with Gasteiger partial charge in [0.2, 0.25) is 17.7 Å². The van der Waals surface area contributed by atoms with Gasteiger partial charge in [-0.25, -0.2) is 9.97 Å². The van der Waals surface area contributed by atoms with Gasteiger partial charge in [0.1, 0.15) is 17.7 Å². The van der Waals surface area contributed by atoms with Gasteiger partial charge in [0.05, 0.1) is 35.9 Å². The van der Waals surface area contributed by atoms with Gasteiger partial charge < -0.3 is 25.5 Å². The summed E-state index contributed by atoms with van der Waals surface area (Å²) in [5, 5.41) is 5.58. The molecule has 2 aliphatic rings. The van der Waals surface area contributed by atoms with Crippen LogP contribution in [0.3, 0.4) is 0 Å². The van der Waals surface area contributed by atoms with Gasteiger partial charge in [-0.05, 0) is 123 Å². The molecule has 1 aliphatic carbocycles. The third kappa shape index (κ3) is 16.4. The maximum atomic E-state index is 13.7. The van der Waals surface area contributed by atoms with E-state index >= 15 is 0 Å². The Morgan fingerprint density at radius 3 is 1.96 bits per heavy atom. The van der Waals surface area contributed by atoms with Crippen LogP contribution in [0.2, 0.25) is 0 Å². The van der Waals surface area contributed by atoms with Crippen LogP contribution in [0, 0.1) is 37.0 Å². The zero-order valence-electron chi connectivity index (χ0n) is 45.0. The Morgan fingerprint density at radius 2 is 1.41 bits per heavy atom. The molecule has 0 unspecified atom stereocenters. The third-order valence-electron chi connectivity index (χ3n) is 13.8. The smallest absolute Gasteiger partial charge is 0.246 e. The number of aromatic nitrogens is 4. The van der Waals surface area contributed by atoms with Crippen LogP contribution in [0.15, 0.2) is 48.8 Å². The highest BCUT2D eigenvalue weighted by Crippen LogP contribution is 2.36. The molecule has 1 saturated heterocycles. The van der Waals surface area contributed by atoms with Crippen LogP contribution < -0.4 is 10.6 Å². The van der Waals surface area contributed by atoms with E-state index < -0.39 is 6.04 Å². The van der Waals surface area contributed by atoms with Crippen molar-refractivity contribution in [3.05, 3.63) is 82.7 Å². The molecule has 4 N–H and O–H groups in total. The Labute approximate surface area is 415 Å². The maximum absolute atomic E-state index is 13.7. The van der Waals surface area contributed by atoms with Crippen molar-refractivity contribution >= 4 is 35.2 Å². The van der Waals surface area contributed by atoms with Gasteiger partial charge in [-0.3, -0.25) is 19.2 Å². The number of nitrogens with one attached hydrogen (secondary N) is 4. The second kappa shape index (κ2) is 26.0. The normalized spacial score (nSPS) is 17.1. The van der Waals surface area contributed by atoms with Crippen molar-refractivity contribution in [1.29, 1.82) is 0 Å². The van der Waals surface area contributed by atoms with E-state index in [0.717, 1.165) is 53.4 Å². The second-order valence-electron chi connectivity index (χ2n) is 21.7. The van der Waals surface area contributed by atoms with Gasteiger partial charge in [0.25, 0.3) is 0 Å². The highest BCUT2D eigenvalue weighted by atomic mass is 16.2. The molecule has 2 fully saturated rings. The zero-order valence-corrected chi connectivity index (χ0v) is 45.0. The van der Waals surface area contributed by atoms with Crippen molar-refractivity contribution < 1.29 is 19.2 Å². The summed E-state index contributed by atoms with van der Waals surface area (Å²) in [5.41, 5.74) is 10.8. The number of hydrogen-bond acceptors (Lipinski definition) is 6. The number of Topliss-reactive ketones (excluding diaryl/α,β-unsaturated/α-hetero) is 1. The molecule has 11 heteroatoms. The number of hydrogen-bond donors (Lipinski definition) is 4. The molecule has 3 amide bonds. The molecule has 1 aliphatic heterocycles. The quantitative estimate of drug-likeness (QED) is 0.0821. The van der Waals surface area contributed by atoms with Crippen molar-refractivity contribution in [1.82, 2.24) is 35.5 Å². The highest BCUT2D eigenvalue weighted by Gasteiger charge is 2.37. The summed E-state index contributed by atoms with van der Waals surface area (Å²) in [5.74, 6) is 1.95. The average Bonchev–Trinajstić information content (AvgIpc) is 4.09. The van der Waals surface area contributed by atoms with Gasteiger partial charge in [0.15, 0.2) is 5.78 Å². The summed E-state index contributed by atoms with van der Waals surface area (Å²) in [6, 6.07) is 12.1. The molecule has 2 aromatic heterocycles. The average molecular weight is 946 g/mol. The van der Waals surface area contributed by atoms with E-state index in [4.69, 9.17) is 9.97 Å². The van der Waals surface area contributed by atoms with E-state index in [1.165, 1.54) is 86.6 Å². The fraction of sp³-hybridized carbons (Fsp3) is 0.586. The number of benzene rings is 2. The van der Waals surface area contributed by atoms with E-state index in [1.807, 2.05) is 58.8 Å². The molecule has 0 bridgehead atoms. The van der Waals surface area contributed by atoms with Gasteiger partial charge in [0, 0.05) is 30.9 Å². The lowest BCUT2D eigenvalue weighted by Crippen LogP contribution is -2.52. The fourth-order valence-corrected chi connectivity index (χ4v) is 9.37. The van der Waals surface area contributed by atoms with Crippen LogP contribution in [0.1, 0.15) is 200 Å². The van der Waals surface area contributed by atoms with Crippen LogP contribution in [-0.2, 0) is 19.2 Å². The van der Waals surface area contributed by atoms with E-state index in [1.54, 1.807) is 0 Å². The first kappa shape index (κ1) is 56.3.